The third kappa shape index (κ3) is 3.61. The van der Waals surface area contributed by atoms with E-state index in [0.29, 0.717) is 16.5 Å². The van der Waals surface area contributed by atoms with Crippen LogP contribution in [0.4, 0.5) is 5.69 Å². The summed E-state index contributed by atoms with van der Waals surface area (Å²) in [6, 6.07) is 25.0. The molecule has 0 spiro atoms. The molecule has 0 radical (unpaired) electrons. The zero-order valence-electron chi connectivity index (χ0n) is 18.6. The summed E-state index contributed by atoms with van der Waals surface area (Å²) in [6.45, 7) is 0. The average molecular weight is 501 g/mol. The molecule has 4 aromatic rings. The molecule has 6 rings (SSSR count). The van der Waals surface area contributed by atoms with Crippen LogP contribution < -0.4 is 14.5 Å². The van der Waals surface area contributed by atoms with E-state index < -0.39 is 11.2 Å². The second-order valence-corrected chi connectivity index (χ2v) is 10.6. The van der Waals surface area contributed by atoms with Crippen molar-refractivity contribution in [3.63, 3.8) is 0 Å². The lowest BCUT2D eigenvalue weighted by molar-refractivity contribution is -0.122. The van der Waals surface area contributed by atoms with Crippen LogP contribution in [0.25, 0.3) is 11.1 Å². The highest BCUT2D eigenvalue weighted by atomic mass is 32.2. The van der Waals surface area contributed by atoms with Gasteiger partial charge in [-0.2, -0.15) is 0 Å². The number of thiazole rings is 1. The van der Waals surface area contributed by atoms with Crippen LogP contribution in [0.2, 0.25) is 0 Å². The Kier molecular flexibility index (Phi) is 5.35. The fourth-order valence-corrected chi connectivity index (χ4v) is 7.39. The van der Waals surface area contributed by atoms with E-state index in [2.05, 4.69) is 4.98 Å². The number of nitrogens with one attached hydrogen (secondary N) is 1. The fraction of sp³-hybridized carbons (Fsp3) is 0.148. The minimum atomic E-state index is -0.610. The van der Waals surface area contributed by atoms with E-state index in [-0.39, 0.29) is 22.6 Å². The number of hydrogen-bond donors (Lipinski definition) is 1. The molecule has 3 heterocycles. The van der Waals surface area contributed by atoms with E-state index in [9.17, 15) is 14.4 Å². The molecular weight excluding hydrogens is 480 g/mol. The van der Waals surface area contributed by atoms with Gasteiger partial charge in [-0.3, -0.25) is 14.4 Å². The van der Waals surface area contributed by atoms with Gasteiger partial charge in [-0.05, 0) is 41.0 Å². The van der Waals surface area contributed by atoms with Crippen LogP contribution >= 0.6 is 23.1 Å². The van der Waals surface area contributed by atoms with Crippen molar-refractivity contribution in [2.75, 3.05) is 12.0 Å². The Balaban J connectivity index is 1.42. The summed E-state index contributed by atoms with van der Waals surface area (Å²) >= 11 is 2.40. The van der Waals surface area contributed by atoms with Crippen molar-refractivity contribution in [1.82, 2.24) is 4.98 Å². The fourth-order valence-electron chi connectivity index (χ4n) is 4.88. The first kappa shape index (κ1) is 21.9. The minimum absolute atomic E-state index is 0.180. The number of carbonyl (C=O) groups excluding carboxylic acids is 2. The van der Waals surface area contributed by atoms with Crippen molar-refractivity contribution in [3.05, 3.63) is 99.0 Å². The average Bonchev–Trinajstić information content (AvgIpc) is 3.39. The van der Waals surface area contributed by atoms with Gasteiger partial charge in [0, 0.05) is 10.8 Å². The maximum Gasteiger partial charge on any atom is 0.305 e. The molecule has 0 saturated carbocycles. The van der Waals surface area contributed by atoms with Gasteiger partial charge in [-0.15, -0.1) is 0 Å². The van der Waals surface area contributed by atoms with Crippen LogP contribution in [0.3, 0.4) is 0 Å². The number of H-pyrrole nitrogens is 1. The SMILES string of the molecule is COc1ccc(N2C(=O)C3Sc4[nH]c(=O)sc4C(c4ccc(-c5ccccc5)cc4)C3C2=O)cc1. The molecule has 0 aliphatic carbocycles. The van der Waals surface area contributed by atoms with E-state index >= 15 is 0 Å². The number of imide groups is 1. The van der Waals surface area contributed by atoms with Crippen molar-refractivity contribution in [3.8, 4) is 16.9 Å². The van der Waals surface area contributed by atoms with E-state index in [4.69, 9.17) is 4.74 Å². The van der Waals surface area contributed by atoms with Crippen LogP contribution in [0.5, 0.6) is 5.75 Å². The molecule has 1 aromatic heterocycles. The number of methoxy groups -OCH3 is 1. The lowest BCUT2D eigenvalue weighted by Gasteiger charge is -2.29. The molecule has 2 aliphatic rings. The molecule has 3 atom stereocenters. The number of aromatic nitrogens is 1. The highest BCUT2D eigenvalue weighted by Gasteiger charge is 2.56. The number of nitrogens with zero attached hydrogens (tertiary/aromatic N) is 1. The highest BCUT2D eigenvalue weighted by Crippen LogP contribution is 2.53. The lowest BCUT2D eigenvalue weighted by Crippen LogP contribution is -2.32. The summed E-state index contributed by atoms with van der Waals surface area (Å²) in [5.41, 5.74) is 3.59. The number of aromatic amines is 1. The number of fused-ring (bicyclic) bond motifs is 2. The Morgan fingerprint density at radius 3 is 2.20 bits per heavy atom. The molecule has 2 aliphatic heterocycles. The number of hydrogen-bond acceptors (Lipinski definition) is 6. The largest absolute Gasteiger partial charge is 0.497 e. The maximum atomic E-state index is 13.8. The van der Waals surface area contributed by atoms with Gasteiger partial charge in [0.1, 0.15) is 11.0 Å². The van der Waals surface area contributed by atoms with Gasteiger partial charge in [0.25, 0.3) is 0 Å². The molecule has 6 nitrogen and oxygen atoms in total. The standard InChI is InChI=1S/C27H20N2O4S2/c1-33-19-13-11-18(12-14-19)29-25(30)21-20(22-24(28-27(32)35-22)34-23(21)26(29)31)17-9-7-16(8-10-17)15-5-3-2-4-6-15/h2-14,20-21,23H,1H3,(H,28,32). The number of rotatable bonds is 4. The number of ether oxygens (including phenoxy) is 1. The number of amides is 2. The summed E-state index contributed by atoms with van der Waals surface area (Å²) in [7, 11) is 1.57. The monoisotopic (exact) mass is 500 g/mol. The summed E-state index contributed by atoms with van der Waals surface area (Å²) in [4.78, 5) is 44.3. The predicted octanol–water partition coefficient (Wildman–Crippen LogP) is 4.91. The summed E-state index contributed by atoms with van der Waals surface area (Å²) in [5, 5.41) is 0.0669. The lowest BCUT2D eigenvalue weighted by atomic mass is 9.82. The molecule has 174 valence electrons. The van der Waals surface area contributed by atoms with Crippen LogP contribution in [0.15, 0.2) is 88.7 Å². The van der Waals surface area contributed by atoms with Crippen LogP contribution in [0, 0.1) is 5.92 Å². The topological polar surface area (TPSA) is 79.5 Å². The Bertz CT molecular complexity index is 1480. The summed E-state index contributed by atoms with van der Waals surface area (Å²) < 4.78 is 5.21. The summed E-state index contributed by atoms with van der Waals surface area (Å²) in [6.07, 6.45) is 0. The molecule has 0 bridgehead atoms. The van der Waals surface area contributed by atoms with Gasteiger partial charge >= 0.3 is 4.87 Å². The molecule has 3 aromatic carbocycles. The third-order valence-corrected chi connectivity index (χ3v) is 8.93. The van der Waals surface area contributed by atoms with Crippen molar-refractivity contribution >= 4 is 40.6 Å². The van der Waals surface area contributed by atoms with E-state index in [0.717, 1.165) is 32.9 Å². The Morgan fingerprint density at radius 1 is 0.829 bits per heavy atom. The first-order chi connectivity index (χ1) is 17.0. The molecule has 35 heavy (non-hydrogen) atoms. The Morgan fingerprint density at radius 2 is 1.51 bits per heavy atom. The van der Waals surface area contributed by atoms with Crippen molar-refractivity contribution in [2.45, 2.75) is 16.2 Å². The van der Waals surface area contributed by atoms with Crippen LogP contribution in [0.1, 0.15) is 16.4 Å². The Hall–Kier alpha value is -3.62. The van der Waals surface area contributed by atoms with Gasteiger partial charge in [0.05, 0.1) is 23.7 Å². The predicted molar refractivity (Wildman–Crippen MR) is 137 cm³/mol. The maximum absolute atomic E-state index is 13.8. The first-order valence-corrected chi connectivity index (χ1v) is 12.8. The molecular formula is C27H20N2O4S2. The van der Waals surface area contributed by atoms with Gasteiger partial charge in [-0.25, -0.2) is 4.90 Å². The molecule has 3 unspecified atom stereocenters. The number of thioether (sulfide) groups is 1. The van der Waals surface area contributed by atoms with Crippen LogP contribution in [-0.2, 0) is 9.59 Å². The minimum Gasteiger partial charge on any atom is -0.497 e. The number of carbonyl (C=O) groups is 2. The van der Waals surface area contributed by atoms with Crippen molar-refractivity contribution in [2.24, 2.45) is 5.92 Å². The van der Waals surface area contributed by atoms with E-state index in [1.54, 1.807) is 31.4 Å². The smallest absolute Gasteiger partial charge is 0.305 e. The second-order valence-electron chi connectivity index (χ2n) is 8.45. The first-order valence-electron chi connectivity index (χ1n) is 11.1. The van der Waals surface area contributed by atoms with Gasteiger partial charge in [-0.1, -0.05) is 77.7 Å². The van der Waals surface area contributed by atoms with Gasteiger partial charge in [0.2, 0.25) is 11.8 Å². The second kappa shape index (κ2) is 8.55. The van der Waals surface area contributed by atoms with Crippen molar-refractivity contribution < 1.29 is 14.3 Å². The third-order valence-electron chi connectivity index (χ3n) is 6.53. The van der Waals surface area contributed by atoms with E-state index in [1.165, 1.54) is 16.7 Å². The van der Waals surface area contributed by atoms with Crippen molar-refractivity contribution in [1.29, 1.82) is 0 Å². The zero-order valence-corrected chi connectivity index (χ0v) is 20.3. The van der Waals surface area contributed by atoms with Gasteiger partial charge in [0.15, 0.2) is 0 Å². The van der Waals surface area contributed by atoms with Gasteiger partial charge < -0.3 is 9.72 Å². The molecule has 8 heteroatoms. The quantitative estimate of drug-likeness (QED) is 0.403. The Labute approximate surface area is 209 Å². The molecule has 1 saturated heterocycles. The zero-order chi connectivity index (χ0) is 24.1. The number of benzene rings is 3. The molecule has 1 fully saturated rings. The van der Waals surface area contributed by atoms with E-state index in [1.807, 2.05) is 54.6 Å². The molecule has 2 amide bonds. The van der Waals surface area contributed by atoms with Crippen LogP contribution in [-0.4, -0.2) is 29.2 Å². The number of anilines is 1. The highest BCUT2D eigenvalue weighted by molar-refractivity contribution is 8.00. The summed E-state index contributed by atoms with van der Waals surface area (Å²) in [5.74, 6) is -0.850. The normalized spacial score (nSPS) is 21.1. The molecule has 1 N–H and O–H groups in total.